The van der Waals surface area contributed by atoms with E-state index in [0.29, 0.717) is 0 Å². The van der Waals surface area contributed by atoms with Crippen LogP contribution in [-0.2, 0) is 0 Å². The summed E-state index contributed by atoms with van der Waals surface area (Å²) in [5, 5.41) is 16.2. The smallest absolute Gasteiger partial charge is 0.213 e. The van der Waals surface area contributed by atoms with Crippen LogP contribution in [0, 0.1) is 0 Å². The normalized spacial score (nSPS) is 12.3. The van der Waals surface area contributed by atoms with Crippen molar-refractivity contribution < 1.29 is 8.83 Å². The molecule has 0 spiro atoms. The van der Waals surface area contributed by atoms with E-state index in [9.17, 15) is 0 Å². The van der Waals surface area contributed by atoms with E-state index in [2.05, 4.69) is 489 Å². The second kappa shape index (κ2) is 37.3. The average Bonchev–Trinajstić information content (AvgIpc) is 0.936. The molecule has 0 saturated heterocycles. The Balaban J connectivity index is 0.000000101. The maximum absolute atomic E-state index is 6.40. The van der Waals surface area contributed by atoms with Gasteiger partial charge in [0.25, 0.3) is 0 Å². The molecule has 9 heterocycles. The Morgan fingerprint density at radius 3 is 0.842 bits per heavy atom. The number of aromatic nitrogens is 7. The SMILES string of the molecule is c1ccc(C(c2ccncc2)c2ccc(-c3ccc4c5ccccc5c5ccccc5c4c3)cc2)cc1.c1ccc(C(c2ccncc2)c2ccc(-n3c4ccccc4c4c5ccccc5oc43)cc2)cc1.c1ccc(C(c2ccncc2)c2ccc(-n3c4ccccc4c4ccccc43)cc2)cc1.c1ccc(C(c2ccncc2)c2ccc(-n3c4ccccc4c4oc5ccccc5c43)cc2)cc1. The van der Waals surface area contributed by atoms with Gasteiger partial charge in [0.15, 0.2) is 5.58 Å². The highest BCUT2D eigenvalue weighted by molar-refractivity contribution is 6.26. The molecule has 4 unspecified atom stereocenters. The van der Waals surface area contributed by atoms with Gasteiger partial charge in [0, 0.05) is 123 Å². The van der Waals surface area contributed by atoms with Gasteiger partial charge in [0.05, 0.1) is 27.5 Å². The van der Waals surface area contributed by atoms with E-state index in [4.69, 9.17) is 8.83 Å². The van der Waals surface area contributed by atoms with E-state index in [-0.39, 0.29) is 23.7 Å². The van der Waals surface area contributed by atoms with Crippen LogP contribution in [0.1, 0.15) is 90.4 Å². The van der Waals surface area contributed by atoms with Crippen molar-refractivity contribution in [2.75, 3.05) is 0 Å². The Morgan fingerprint density at radius 2 is 0.439 bits per heavy atom. The lowest BCUT2D eigenvalue weighted by molar-refractivity contribution is 0.645. The first-order valence-corrected chi connectivity index (χ1v) is 47.4. The minimum atomic E-state index is 0.140. The molecule has 0 amide bonds. The van der Waals surface area contributed by atoms with Crippen molar-refractivity contribution in [2.45, 2.75) is 23.7 Å². The molecule has 9 nitrogen and oxygen atoms in total. The highest BCUT2D eigenvalue weighted by atomic mass is 16.3. The van der Waals surface area contributed by atoms with Gasteiger partial charge in [0.1, 0.15) is 16.7 Å². The molecule has 0 aliphatic heterocycles. The summed E-state index contributed by atoms with van der Waals surface area (Å²) < 4.78 is 19.6. The number of fused-ring (bicyclic) bond motifs is 19. The molecule has 4 atom stereocenters. The van der Waals surface area contributed by atoms with Gasteiger partial charge in [0.2, 0.25) is 5.71 Å². The lowest BCUT2D eigenvalue weighted by Crippen LogP contribution is -2.04. The Hall–Kier alpha value is -18.2. The molecule has 0 bridgehead atoms. The van der Waals surface area contributed by atoms with Crippen molar-refractivity contribution in [3.05, 3.63) is 596 Å². The van der Waals surface area contributed by atoms with Gasteiger partial charge in [-0.2, -0.15) is 0 Å². The molecule has 0 N–H and O–H groups in total. The minimum absolute atomic E-state index is 0.140. The van der Waals surface area contributed by atoms with E-state index in [0.717, 1.165) is 66.5 Å². The monoisotopic (exact) mass is 1780 g/mol. The summed E-state index contributed by atoms with van der Waals surface area (Å²) in [4.78, 5) is 16.9. The summed E-state index contributed by atoms with van der Waals surface area (Å²) in [5.41, 5.74) is 30.4. The van der Waals surface area contributed by atoms with Crippen LogP contribution in [0.3, 0.4) is 0 Å². The lowest BCUT2D eigenvalue weighted by atomic mass is 9.85. The second-order valence-electron chi connectivity index (χ2n) is 35.4. The second-order valence-corrected chi connectivity index (χ2v) is 35.4. The van der Waals surface area contributed by atoms with Crippen molar-refractivity contribution in [3.63, 3.8) is 0 Å². The number of hydrogen-bond donors (Lipinski definition) is 0. The number of hydrogen-bond acceptors (Lipinski definition) is 6. The first-order chi connectivity index (χ1) is 69.0. The largest absolute Gasteiger partial charge is 0.454 e. The fraction of sp³-hybridized carbons (Fsp3) is 0.0308. The fourth-order valence-corrected chi connectivity index (χ4v) is 21.1. The molecule has 0 fully saturated rings. The third-order valence-electron chi connectivity index (χ3n) is 27.4. The van der Waals surface area contributed by atoms with Crippen molar-refractivity contribution >= 4 is 120 Å². The standard InChI is InChI=1S/C36H25N.2C32H22N2O.C30H22N2/c1-2-8-26(9-3-1)36(28-20-22-37-23-21-28)27-16-14-25(15-17-27)29-18-19-34-32-12-5-4-10-30(32)31-11-6-7-13-33(31)35(34)24-29;1-2-8-22(9-3-1)30(24-18-20-33-21-19-24)23-14-16-25(17-15-23)34-28-12-6-4-10-26(28)32-31(34)27-11-5-7-13-29(27)35-32;1-2-8-22(9-3-1)30(24-18-20-33-21-19-24)23-14-16-25(17-15-23)34-28-12-6-4-10-26(28)31-27-11-5-7-13-29(27)35-32(31)34;1-2-8-22(9-3-1)30(24-18-20-31-21-19-24)23-14-16-25(17-15-23)32-28-12-6-4-10-26(28)27-11-5-7-13-29(27)32/h1-24,36H;2*1-21,30H;1-21,30H. The molecule has 18 aromatic carbocycles. The van der Waals surface area contributed by atoms with Crippen molar-refractivity contribution in [1.29, 1.82) is 0 Å². The Kier molecular flexibility index (Phi) is 22.5. The molecule has 139 heavy (non-hydrogen) atoms. The molecule has 0 saturated carbocycles. The van der Waals surface area contributed by atoms with E-state index >= 15 is 0 Å². The number of benzene rings is 18. The molecular formula is C130H91N7O2. The summed E-state index contributed by atoms with van der Waals surface area (Å²) >= 11 is 0. The topological polar surface area (TPSA) is 92.6 Å². The third-order valence-corrected chi connectivity index (χ3v) is 27.4. The fourth-order valence-electron chi connectivity index (χ4n) is 21.1. The van der Waals surface area contributed by atoms with Crippen LogP contribution >= 0.6 is 0 Å². The Bertz CT molecular complexity index is 8760. The molecule has 0 radical (unpaired) electrons. The average molecular weight is 1780 g/mol. The van der Waals surface area contributed by atoms with Gasteiger partial charge in [-0.05, 0) is 250 Å². The zero-order valence-electron chi connectivity index (χ0n) is 76.0. The predicted molar refractivity (Wildman–Crippen MR) is 573 cm³/mol. The van der Waals surface area contributed by atoms with Crippen LogP contribution in [0.2, 0.25) is 0 Å². The van der Waals surface area contributed by atoms with Gasteiger partial charge in [-0.3, -0.25) is 24.5 Å². The number of rotatable bonds is 16. The lowest BCUT2D eigenvalue weighted by Gasteiger charge is -2.19. The maximum Gasteiger partial charge on any atom is 0.213 e. The zero-order valence-corrected chi connectivity index (χ0v) is 76.0. The quantitative estimate of drug-likeness (QED) is 0.0895. The summed E-state index contributed by atoms with van der Waals surface area (Å²) in [6, 6.07) is 171. The highest BCUT2D eigenvalue weighted by Crippen LogP contribution is 2.46. The zero-order chi connectivity index (χ0) is 92.3. The van der Waals surface area contributed by atoms with Gasteiger partial charge in [-0.25, -0.2) is 0 Å². The summed E-state index contributed by atoms with van der Waals surface area (Å²) in [6.07, 6.45) is 15.0. The minimum Gasteiger partial charge on any atom is -0.454 e. The van der Waals surface area contributed by atoms with Crippen LogP contribution in [0.4, 0.5) is 0 Å². The van der Waals surface area contributed by atoms with Gasteiger partial charge in [-0.1, -0.05) is 340 Å². The maximum atomic E-state index is 6.40. The summed E-state index contributed by atoms with van der Waals surface area (Å²) in [7, 11) is 0. The first-order valence-electron chi connectivity index (χ1n) is 47.4. The van der Waals surface area contributed by atoms with Gasteiger partial charge >= 0.3 is 0 Å². The molecule has 658 valence electrons. The summed E-state index contributed by atoms with van der Waals surface area (Å²) in [5.74, 6) is 0.627. The van der Waals surface area contributed by atoms with Gasteiger partial charge < -0.3 is 18.0 Å². The number of nitrogens with zero attached hydrogens (tertiary/aromatic N) is 7. The van der Waals surface area contributed by atoms with E-state index in [1.165, 1.54) is 148 Å². The van der Waals surface area contributed by atoms with Crippen LogP contribution in [0.5, 0.6) is 0 Å². The van der Waals surface area contributed by atoms with Crippen LogP contribution < -0.4 is 0 Å². The van der Waals surface area contributed by atoms with Crippen molar-refractivity contribution in [2.24, 2.45) is 0 Å². The molecule has 9 aromatic heterocycles. The van der Waals surface area contributed by atoms with E-state index < -0.39 is 0 Å². The van der Waals surface area contributed by atoms with Crippen molar-refractivity contribution in [1.82, 2.24) is 33.6 Å². The highest BCUT2D eigenvalue weighted by Gasteiger charge is 2.27. The Morgan fingerprint density at radius 1 is 0.173 bits per heavy atom. The van der Waals surface area contributed by atoms with Crippen LogP contribution in [0.15, 0.2) is 538 Å². The van der Waals surface area contributed by atoms with Crippen LogP contribution in [-0.4, -0.2) is 33.6 Å². The van der Waals surface area contributed by atoms with Crippen LogP contribution in [0.25, 0.3) is 148 Å². The van der Waals surface area contributed by atoms with Crippen molar-refractivity contribution in [3.8, 4) is 28.2 Å². The molecular weight excluding hydrogens is 1690 g/mol. The molecule has 0 aliphatic carbocycles. The first kappa shape index (κ1) is 83.9. The number of para-hydroxylation sites is 6. The molecule has 27 rings (SSSR count). The number of pyridine rings is 4. The third kappa shape index (κ3) is 16.0. The Labute approximate surface area is 804 Å². The molecule has 0 aliphatic rings. The number of furan rings is 2. The predicted octanol–water partition coefficient (Wildman–Crippen LogP) is 33.0. The van der Waals surface area contributed by atoms with E-state index in [1.54, 1.807) is 0 Å². The van der Waals surface area contributed by atoms with Gasteiger partial charge in [-0.15, -0.1) is 0 Å². The molecule has 27 aromatic rings. The molecule has 9 heteroatoms. The van der Waals surface area contributed by atoms with E-state index in [1.807, 2.05) is 73.8 Å². The summed E-state index contributed by atoms with van der Waals surface area (Å²) in [6.45, 7) is 0.